The van der Waals surface area contributed by atoms with E-state index in [9.17, 15) is 18.0 Å². The fourth-order valence-electron chi connectivity index (χ4n) is 4.37. The zero-order chi connectivity index (χ0) is 21.8. The van der Waals surface area contributed by atoms with Crippen molar-refractivity contribution in [3.05, 3.63) is 64.6 Å². The molecular weight excluding hydrogens is 418 g/mol. The molecular formula is C22H23N3O5S. The number of hydrogen-bond acceptors (Lipinski definition) is 5. The van der Waals surface area contributed by atoms with Gasteiger partial charge in [-0.15, -0.1) is 0 Å². The van der Waals surface area contributed by atoms with Gasteiger partial charge in [-0.05, 0) is 30.5 Å². The van der Waals surface area contributed by atoms with Gasteiger partial charge in [0.05, 0.1) is 15.8 Å². The standard InChI is InChI=1S/C22H23N3O5S/c1-23-18-8-7-17(15-19(18)30-21(23)27)31(28,29)25-13-11-24(12-14-25)20(26)22(9-10-22)16-5-3-2-4-6-16/h2-8,15H,9-14H2,1H3. The molecule has 2 heterocycles. The summed E-state index contributed by atoms with van der Waals surface area (Å²) in [5.74, 6) is -0.452. The Kier molecular flexibility index (Phi) is 4.56. The van der Waals surface area contributed by atoms with Crippen molar-refractivity contribution in [2.75, 3.05) is 26.2 Å². The van der Waals surface area contributed by atoms with Gasteiger partial charge >= 0.3 is 5.76 Å². The molecule has 1 aliphatic carbocycles. The van der Waals surface area contributed by atoms with E-state index in [4.69, 9.17) is 4.42 Å². The largest absolute Gasteiger partial charge is 0.419 e. The van der Waals surface area contributed by atoms with Gasteiger partial charge in [0.2, 0.25) is 15.9 Å². The van der Waals surface area contributed by atoms with E-state index in [2.05, 4.69) is 0 Å². The van der Waals surface area contributed by atoms with Crippen LogP contribution in [0.3, 0.4) is 0 Å². The molecule has 5 rings (SSSR count). The predicted molar refractivity (Wildman–Crippen MR) is 114 cm³/mol. The number of benzene rings is 2. The molecule has 0 unspecified atom stereocenters. The molecule has 0 spiro atoms. The molecule has 1 aliphatic heterocycles. The minimum absolute atomic E-state index is 0.0806. The molecule has 1 amide bonds. The molecule has 0 radical (unpaired) electrons. The number of aromatic nitrogens is 1. The van der Waals surface area contributed by atoms with Crippen LogP contribution in [0.4, 0.5) is 0 Å². The molecule has 0 N–H and O–H groups in total. The summed E-state index contributed by atoms with van der Waals surface area (Å²) in [5, 5.41) is 0. The molecule has 0 atom stereocenters. The quantitative estimate of drug-likeness (QED) is 0.614. The van der Waals surface area contributed by atoms with Crippen molar-refractivity contribution in [2.24, 2.45) is 7.05 Å². The Morgan fingerprint density at radius 2 is 1.68 bits per heavy atom. The normalized spacial score (nSPS) is 18.9. The number of carbonyl (C=O) groups excluding carboxylic acids is 1. The lowest BCUT2D eigenvalue weighted by molar-refractivity contribution is -0.135. The first-order chi connectivity index (χ1) is 14.8. The topological polar surface area (TPSA) is 92.8 Å². The molecule has 162 valence electrons. The van der Waals surface area contributed by atoms with E-state index in [1.54, 1.807) is 18.0 Å². The summed E-state index contributed by atoms with van der Waals surface area (Å²) in [4.78, 5) is 26.8. The Bertz CT molecular complexity index is 1310. The van der Waals surface area contributed by atoms with Gasteiger partial charge in [-0.3, -0.25) is 9.36 Å². The number of sulfonamides is 1. The third-order valence-corrected chi connectivity index (χ3v) is 8.31. The van der Waals surface area contributed by atoms with Crippen molar-refractivity contribution >= 4 is 27.0 Å². The maximum atomic E-state index is 13.2. The molecule has 2 fully saturated rings. The fourth-order valence-corrected chi connectivity index (χ4v) is 5.80. The van der Waals surface area contributed by atoms with Crippen LogP contribution in [0.1, 0.15) is 18.4 Å². The van der Waals surface area contributed by atoms with E-state index < -0.39 is 21.2 Å². The highest BCUT2D eigenvalue weighted by atomic mass is 32.2. The Morgan fingerprint density at radius 3 is 2.32 bits per heavy atom. The van der Waals surface area contributed by atoms with Crippen LogP contribution in [-0.4, -0.2) is 54.3 Å². The molecule has 1 saturated heterocycles. The lowest BCUT2D eigenvalue weighted by atomic mass is 9.94. The van der Waals surface area contributed by atoms with Crippen molar-refractivity contribution in [1.82, 2.24) is 13.8 Å². The first-order valence-corrected chi connectivity index (χ1v) is 11.7. The van der Waals surface area contributed by atoms with Crippen molar-refractivity contribution in [1.29, 1.82) is 0 Å². The highest BCUT2D eigenvalue weighted by Gasteiger charge is 2.53. The van der Waals surface area contributed by atoms with Crippen LogP contribution >= 0.6 is 0 Å². The van der Waals surface area contributed by atoms with E-state index in [0.717, 1.165) is 18.4 Å². The summed E-state index contributed by atoms with van der Waals surface area (Å²) < 4.78 is 34.1. The molecule has 0 bridgehead atoms. The number of oxazole rings is 1. The number of fused-ring (bicyclic) bond motifs is 1. The van der Waals surface area contributed by atoms with E-state index in [-0.39, 0.29) is 29.5 Å². The highest BCUT2D eigenvalue weighted by Crippen LogP contribution is 2.49. The summed E-state index contributed by atoms with van der Waals surface area (Å²) in [6, 6.07) is 14.2. The number of nitrogens with zero attached hydrogens (tertiary/aromatic N) is 3. The van der Waals surface area contributed by atoms with Crippen molar-refractivity contribution < 1.29 is 17.6 Å². The maximum Gasteiger partial charge on any atom is 0.419 e. The van der Waals surface area contributed by atoms with Gasteiger partial charge < -0.3 is 9.32 Å². The van der Waals surface area contributed by atoms with E-state index >= 15 is 0 Å². The maximum absolute atomic E-state index is 13.2. The van der Waals surface area contributed by atoms with Gasteiger partial charge in [0.15, 0.2) is 5.58 Å². The van der Waals surface area contributed by atoms with Crippen LogP contribution in [0.5, 0.6) is 0 Å². The van der Waals surface area contributed by atoms with Crippen LogP contribution < -0.4 is 5.76 Å². The lowest BCUT2D eigenvalue weighted by Gasteiger charge is -2.36. The third kappa shape index (κ3) is 3.19. The Morgan fingerprint density at radius 1 is 1.00 bits per heavy atom. The fraction of sp³-hybridized carbons (Fsp3) is 0.364. The van der Waals surface area contributed by atoms with Crippen LogP contribution in [-0.2, 0) is 27.3 Å². The molecule has 2 aliphatic rings. The minimum Gasteiger partial charge on any atom is -0.408 e. The zero-order valence-corrected chi connectivity index (χ0v) is 18.0. The summed E-state index contributed by atoms with van der Waals surface area (Å²) in [5.41, 5.74) is 1.36. The number of hydrogen-bond donors (Lipinski definition) is 0. The van der Waals surface area contributed by atoms with E-state index in [1.165, 1.54) is 21.0 Å². The summed E-state index contributed by atoms with van der Waals surface area (Å²) in [7, 11) is -2.18. The third-order valence-electron chi connectivity index (χ3n) is 6.41. The van der Waals surface area contributed by atoms with Gasteiger partial charge in [0.1, 0.15) is 0 Å². The van der Waals surface area contributed by atoms with E-state index in [0.29, 0.717) is 18.6 Å². The molecule has 1 saturated carbocycles. The molecule has 31 heavy (non-hydrogen) atoms. The molecule has 8 nitrogen and oxygen atoms in total. The van der Waals surface area contributed by atoms with Gasteiger partial charge in [0.25, 0.3) is 0 Å². The number of carbonyl (C=O) groups is 1. The Labute approximate surface area is 179 Å². The Balaban J connectivity index is 1.32. The van der Waals surface area contributed by atoms with Gasteiger partial charge in [-0.1, -0.05) is 30.3 Å². The first kappa shape index (κ1) is 20.0. The SMILES string of the molecule is Cn1c(=O)oc2cc(S(=O)(=O)N3CCN(C(=O)C4(c5ccccc5)CC4)CC3)ccc21. The summed E-state index contributed by atoms with van der Waals surface area (Å²) in [6.45, 7) is 1.18. The molecule has 3 aromatic rings. The minimum atomic E-state index is -3.75. The van der Waals surface area contributed by atoms with Crippen LogP contribution in [0.2, 0.25) is 0 Å². The lowest BCUT2D eigenvalue weighted by Crippen LogP contribution is -2.52. The predicted octanol–water partition coefficient (Wildman–Crippen LogP) is 1.70. The number of piperazine rings is 1. The van der Waals surface area contributed by atoms with Gasteiger partial charge in [-0.25, -0.2) is 13.2 Å². The Hall–Kier alpha value is -2.91. The van der Waals surface area contributed by atoms with Gasteiger partial charge in [0, 0.05) is 39.3 Å². The van der Waals surface area contributed by atoms with Crippen LogP contribution in [0.15, 0.2) is 62.6 Å². The highest BCUT2D eigenvalue weighted by molar-refractivity contribution is 7.89. The average Bonchev–Trinajstić information content (AvgIpc) is 3.55. The average molecular weight is 442 g/mol. The first-order valence-electron chi connectivity index (χ1n) is 10.3. The summed E-state index contributed by atoms with van der Waals surface area (Å²) in [6.07, 6.45) is 1.66. The second-order valence-electron chi connectivity index (χ2n) is 8.20. The smallest absolute Gasteiger partial charge is 0.408 e. The van der Waals surface area contributed by atoms with Crippen LogP contribution in [0.25, 0.3) is 11.1 Å². The molecule has 9 heteroatoms. The second-order valence-corrected chi connectivity index (χ2v) is 10.1. The zero-order valence-electron chi connectivity index (χ0n) is 17.2. The van der Waals surface area contributed by atoms with Gasteiger partial charge in [-0.2, -0.15) is 4.31 Å². The van der Waals surface area contributed by atoms with Crippen molar-refractivity contribution in [3.63, 3.8) is 0 Å². The van der Waals surface area contributed by atoms with E-state index in [1.807, 2.05) is 30.3 Å². The number of rotatable bonds is 4. The monoisotopic (exact) mass is 441 g/mol. The van der Waals surface area contributed by atoms with Crippen LogP contribution in [0, 0.1) is 0 Å². The molecule has 1 aromatic heterocycles. The molecule has 2 aromatic carbocycles. The number of aryl methyl sites for hydroxylation is 1. The van der Waals surface area contributed by atoms with Crippen molar-refractivity contribution in [3.8, 4) is 0 Å². The number of amides is 1. The summed E-state index contributed by atoms with van der Waals surface area (Å²) >= 11 is 0. The second kappa shape index (κ2) is 7.06. The van der Waals surface area contributed by atoms with Crippen molar-refractivity contribution in [2.45, 2.75) is 23.2 Å².